The summed E-state index contributed by atoms with van der Waals surface area (Å²) in [7, 11) is -0.581. The van der Waals surface area contributed by atoms with Crippen LogP contribution in [0.25, 0.3) is 0 Å². The van der Waals surface area contributed by atoms with Crippen LogP contribution in [0.15, 0.2) is 97.2 Å². The molecule has 0 N–H and O–H groups in total. The Balaban J connectivity index is 1.43. The third-order valence-corrected chi connectivity index (χ3v) is 12.4. The maximum atomic E-state index is 2.48. The van der Waals surface area contributed by atoms with Gasteiger partial charge >= 0.3 is 0 Å². The topological polar surface area (TPSA) is 0 Å². The minimum atomic E-state index is -0.332. The number of hydrogen-bond acceptors (Lipinski definition) is 0. The SMILES string of the molecule is C[C@H]([C]1[CH][CH][CH][C]1P(C1C=CC=C1)C1C=CC=C1)P(C1C=CC=C1)C1C=CC=C1. The molecule has 0 unspecified atom stereocenters. The summed E-state index contributed by atoms with van der Waals surface area (Å²) < 4.78 is 0. The van der Waals surface area contributed by atoms with E-state index in [1.54, 1.807) is 11.6 Å². The van der Waals surface area contributed by atoms with Crippen molar-refractivity contribution in [3.05, 3.63) is 128 Å². The van der Waals surface area contributed by atoms with Crippen molar-refractivity contribution in [3.63, 3.8) is 0 Å². The zero-order chi connectivity index (χ0) is 19.6. The molecule has 29 heavy (non-hydrogen) atoms. The first kappa shape index (κ1) is 19.7. The fraction of sp³-hybridized carbons (Fsp3) is 0.222. The smallest absolute Gasteiger partial charge is 0.0170 e. The van der Waals surface area contributed by atoms with Gasteiger partial charge in [0.1, 0.15) is 0 Å². The Morgan fingerprint density at radius 2 is 1.00 bits per heavy atom. The van der Waals surface area contributed by atoms with Crippen LogP contribution in [0.3, 0.4) is 0 Å². The van der Waals surface area contributed by atoms with E-state index >= 15 is 0 Å². The van der Waals surface area contributed by atoms with E-state index in [9.17, 15) is 0 Å². The molecule has 0 amide bonds. The maximum absolute atomic E-state index is 2.48. The van der Waals surface area contributed by atoms with Crippen molar-refractivity contribution in [2.45, 2.75) is 35.2 Å². The van der Waals surface area contributed by atoms with Crippen LogP contribution in [-0.2, 0) is 0 Å². The largest absolute Gasteiger partial charge is 0.0811 e. The minimum absolute atomic E-state index is 0.249. The van der Waals surface area contributed by atoms with Crippen LogP contribution >= 0.6 is 15.8 Å². The van der Waals surface area contributed by atoms with Crippen molar-refractivity contribution >= 4 is 15.8 Å². The molecule has 5 aliphatic carbocycles. The van der Waals surface area contributed by atoms with E-state index in [0.29, 0.717) is 28.3 Å². The normalized spacial score (nSPS) is 26.3. The standard InChI is InChI=1S/C27H27P2/c1-21(28(22-11-2-3-12-22)23-13-4-5-14-23)26-19-10-20-27(26)29(24-15-6-7-16-24)25-17-8-9-18-25/h2-25H,1H3/t21-/m1/s1. The molecule has 5 rings (SSSR count). The van der Waals surface area contributed by atoms with E-state index in [-0.39, 0.29) is 15.8 Å². The molecule has 0 aliphatic heterocycles. The summed E-state index contributed by atoms with van der Waals surface area (Å²) in [5, 5.41) is 0. The van der Waals surface area contributed by atoms with Gasteiger partial charge in [-0.2, -0.15) is 0 Å². The van der Waals surface area contributed by atoms with Crippen LogP contribution in [-0.4, -0.2) is 28.3 Å². The molecule has 0 aromatic rings. The first-order chi connectivity index (χ1) is 14.3. The van der Waals surface area contributed by atoms with E-state index in [0.717, 1.165) is 0 Å². The Morgan fingerprint density at radius 1 is 0.586 bits per heavy atom. The second-order valence-electron chi connectivity index (χ2n) is 7.94. The van der Waals surface area contributed by atoms with Crippen molar-refractivity contribution in [1.29, 1.82) is 0 Å². The predicted octanol–water partition coefficient (Wildman–Crippen LogP) is 7.05. The third-order valence-electron chi connectivity index (χ3n) is 6.24. The van der Waals surface area contributed by atoms with Gasteiger partial charge < -0.3 is 0 Å². The fourth-order valence-electron chi connectivity index (χ4n) is 4.86. The highest BCUT2D eigenvalue weighted by molar-refractivity contribution is 7.64. The molecule has 1 saturated carbocycles. The lowest BCUT2D eigenvalue weighted by Crippen LogP contribution is -2.26. The maximum Gasteiger partial charge on any atom is 0.0170 e. The Kier molecular flexibility index (Phi) is 6.04. The molecule has 5 aliphatic rings. The summed E-state index contributed by atoms with van der Waals surface area (Å²) in [4.78, 5) is 0. The second-order valence-corrected chi connectivity index (χ2v) is 13.3. The lowest BCUT2D eigenvalue weighted by molar-refractivity contribution is 0.969. The lowest BCUT2D eigenvalue weighted by atomic mass is 10.0. The van der Waals surface area contributed by atoms with Gasteiger partial charge in [-0.05, 0) is 30.8 Å². The van der Waals surface area contributed by atoms with Crippen molar-refractivity contribution < 1.29 is 0 Å². The van der Waals surface area contributed by atoms with Gasteiger partial charge in [-0.1, -0.05) is 120 Å². The van der Waals surface area contributed by atoms with Crippen molar-refractivity contribution in [3.8, 4) is 0 Å². The first-order valence-corrected chi connectivity index (χ1v) is 13.6. The van der Waals surface area contributed by atoms with E-state index in [1.807, 2.05) is 0 Å². The number of rotatable bonds is 7. The molecule has 0 aromatic carbocycles. The van der Waals surface area contributed by atoms with Gasteiger partial charge in [-0.3, -0.25) is 0 Å². The van der Waals surface area contributed by atoms with Crippen molar-refractivity contribution in [1.82, 2.24) is 0 Å². The monoisotopic (exact) mass is 413 g/mol. The zero-order valence-corrected chi connectivity index (χ0v) is 18.5. The molecule has 0 bridgehead atoms. The molecular formula is C27H27P2. The summed E-state index contributed by atoms with van der Waals surface area (Å²) in [6.07, 6.45) is 44.2. The highest BCUT2D eigenvalue weighted by Gasteiger charge is 2.46. The molecule has 0 saturated heterocycles. The van der Waals surface area contributed by atoms with Crippen molar-refractivity contribution in [2.75, 3.05) is 0 Å². The molecule has 0 aromatic heterocycles. The third kappa shape index (κ3) is 3.92. The first-order valence-electron chi connectivity index (χ1n) is 10.5. The summed E-state index contributed by atoms with van der Waals surface area (Å²) in [6, 6.07) is 0. The van der Waals surface area contributed by atoms with Crippen LogP contribution in [0, 0.1) is 30.8 Å². The Labute approximate surface area is 179 Å². The summed E-state index contributed by atoms with van der Waals surface area (Å²) in [5.41, 5.74) is 4.41. The highest BCUT2D eigenvalue weighted by Crippen LogP contribution is 2.69. The van der Waals surface area contributed by atoms with Crippen molar-refractivity contribution in [2.24, 2.45) is 0 Å². The van der Waals surface area contributed by atoms with Gasteiger partial charge in [0.2, 0.25) is 0 Å². The summed E-state index contributed by atoms with van der Waals surface area (Å²) >= 11 is 0. The van der Waals surface area contributed by atoms with Gasteiger partial charge in [0.15, 0.2) is 0 Å². The van der Waals surface area contributed by atoms with E-state index in [4.69, 9.17) is 0 Å². The molecule has 1 atom stereocenters. The van der Waals surface area contributed by atoms with Gasteiger partial charge in [-0.15, -0.1) is 0 Å². The lowest BCUT2D eigenvalue weighted by Gasteiger charge is -2.41. The second kappa shape index (κ2) is 8.88. The summed E-state index contributed by atoms with van der Waals surface area (Å²) in [5.74, 6) is 1.59. The van der Waals surface area contributed by atoms with E-state index in [1.165, 1.54) is 0 Å². The van der Waals surface area contributed by atoms with Gasteiger partial charge in [0, 0.05) is 28.3 Å². The van der Waals surface area contributed by atoms with Crippen LogP contribution < -0.4 is 0 Å². The van der Waals surface area contributed by atoms with Crippen LogP contribution in [0.2, 0.25) is 0 Å². The molecule has 5 radical (unpaired) electrons. The van der Waals surface area contributed by atoms with Gasteiger partial charge in [0.05, 0.1) is 0 Å². The zero-order valence-electron chi connectivity index (χ0n) is 16.8. The minimum Gasteiger partial charge on any atom is -0.0811 e. The molecular weight excluding hydrogens is 386 g/mol. The average Bonchev–Trinajstić information content (AvgIpc) is 3.56. The molecule has 145 valence electrons. The highest BCUT2D eigenvalue weighted by atomic mass is 31.1. The number of allylic oxidation sites excluding steroid dienone is 16. The van der Waals surface area contributed by atoms with E-state index in [2.05, 4.69) is 123 Å². The molecule has 0 spiro atoms. The van der Waals surface area contributed by atoms with Crippen LogP contribution in [0.4, 0.5) is 0 Å². The molecule has 0 heterocycles. The van der Waals surface area contributed by atoms with E-state index < -0.39 is 0 Å². The summed E-state index contributed by atoms with van der Waals surface area (Å²) in [6.45, 7) is 2.48. The van der Waals surface area contributed by atoms with Crippen LogP contribution in [0.1, 0.15) is 6.92 Å². The fourth-order valence-corrected chi connectivity index (χ4v) is 11.1. The number of hydrogen-bond donors (Lipinski definition) is 0. The predicted molar refractivity (Wildman–Crippen MR) is 131 cm³/mol. The quantitative estimate of drug-likeness (QED) is 0.392. The Hall–Kier alpha value is -1.22. The van der Waals surface area contributed by atoms with Gasteiger partial charge in [0.25, 0.3) is 0 Å². The van der Waals surface area contributed by atoms with Gasteiger partial charge in [-0.25, -0.2) is 0 Å². The Morgan fingerprint density at radius 3 is 1.45 bits per heavy atom. The average molecular weight is 413 g/mol. The molecule has 0 nitrogen and oxygen atoms in total. The molecule has 1 fully saturated rings. The van der Waals surface area contributed by atoms with Crippen LogP contribution in [0.5, 0.6) is 0 Å². The molecule has 2 heteroatoms. The Bertz CT molecular complexity index is 733.